The number of benzene rings is 1. The Bertz CT molecular complexity index is 481. The van der Waals surface area contributed by atoms with Gasteiger partial charge in [-0.2, -0.15) is 0 Å². The van der Waals surface area contributed by atoms with E-state index < -0.39 is 5.60 Å². The summed E-state index contributed by atoms with van der Waals surface area (Å²) in [6.07, 6.45) is 1.20. The number of likely N-dealkylation sites (N-methyl/N-ethyl adjacent to an activating group) is 1. The molecule has 0 spiro atoms. The summed E-state index contributed by atoms with van der Waals surface area (Å²) in [6.45, 7) is 6.80. The first-order valence-corrected chi connectivity index (χ1v) is 7.25. The quantitative estimate of drug-likeness (QED) is 0.672. The molecular formula is C16H27N3O2. The van der Waals surface area contributed by atoms with E-state index in [0.717, 1.165) is 24.2 Å². The van der Waals surface area contributed by atoms with Gasteiger partial charge < -0.3 is 21.1 Å². The van der Waals surface area contributed by atoms with Crippen molar-refractivity contribution in [1.29, 1.82) is 0 Å². The summed E-state index contributed by atoms with van der Waals surface area (Å²) >= 11 is 0. The van der Waals surface area contributed by atoms with E-state index in [0.29, 0.717) is 18.7 Å². The van der Waals surface area contributed by atoms with Gasteiger partial charge in [0, 0.05) is 24.3 Å². The normalized spacial score (nSPS) is 11.7. The van der Waals surface area contributed by atoms with Crippen molar-refractivity contribution in [2.75, 3.05) is 31.2 Å². The van der Waals surface area contributed by atoms with Crippen LogP contribution in [0.4, 0.5) is 11.4 Å². The second kappa shape index (κ2) is 7.43. The number of anilines is 2. The van der Waals surface area contributed by atoms with Gasteiger partial charge in [-0.1, -0.05) is 6.07 Å². The molecule has 1 aromatic carbocycles. The van der Waals surface area contributed by atoms with E-state index in [1.54, 1.807) is 13.8 Å². The van der Waals surface area contributed by atoms with Crippen molar-refractivity contribution in [2.45, 2.75) is 39.2 Å². The lowest BCUT2D eigenvalue weighted by atomic mass is 10.1. The average Bonchev–Trinajstić information content (AvgIpc) is 2.32. The summed E-state index contributed by atoms with van der Waals surface area (Å²) in [4.78, 5) is 13.9. The van der Waals surface area contributed by atoms with Crippen molar-refractivity contribution < 1.29 is 9.90 Å². The van der Waals surface area contributed by atoms with Crippen LogP contribution in [0.5, 0.6) is 0 Å². The highest BCUT2D eigenvalue weighted by atomic mass is 16.3. The SMILES string of the molecule is Cc1c(N)cccc1NC(=O)CCCN(C)CC(C)(C)O. The van der Waals surface area contributed by atoms with Gasteiger partial charge in [-0.15, -0.1) is 0 Å². The molecule has 0 bridgehead atoms. The standard InChI is InChI=1S/C16H27N3O2/c1-12-13(17)7-5-8-14(12)18-15(20)9-6-10-19(4)11-16(2,3)21/h5,7-8,21H,6,9-11,17H2,1-4H3,(H,18,20). The summed E-state index contributed by atoms with van der Waals surface area (Å²) in [5.74, 6) is -0.0136. The molecule has 0 fully saturated rings. The number of nitrogens with one attached hydrogen (secondary N) is 1. The maximum absolute atomic E-state index is 11.9. The fourth-order valence-electron chi connectivity index (χ4n) is 2.25. The molecule has 1 amide bonds. The molecule has 1 rings (SSSR count). The van der Waals surface area contributed by atoms with Crippen LogP contribution in [0.1, 0.15) is 32.3 Å². The van der Waals surface area contributed by atoms with Crippen molar-refractivity contribution >= 4 is 17.3 Å². The van der Waals surface area contributed by atoms with Gasteiger partial charge in [-0.05, 0) is 58.5 Å². The number of carbonyl (C=O) groups excluding carboxylic acids is 1. The molecule has 0 unspecified atom stereocenters. The zero-order valence-corrected chi connectivity index (χ0v) is 13.4. The third-order valence-corrected chi connectivity index (χ3v) is 3.25. The van der Waals surface area contributed by atoms with E-state index in [2.05, 4.69) is 5.32 Å². The summed E-state index contributed by atoms with van der Waals surface area (Å²) in [5.41, 5.74) is 7.44. The minimum absolute atomic E-state index is 0.0136. The predicted molar refractivity (Wildman–Crippen MR) is 87.2 cm³/mol. The lowest BCUT2D eigenvalue weighted by molar-refractivity contribution is -0.116. The van der Waals surface area contributed by atoms with E-state index in [-0.39, 0.29) is 5.91 Å². The number of nitrogen functional groups attached to an aromatic ring is 1. The van der Waals surface area contributed by atoms with Crippen LogP contribution in [0.3, 0.4) is 0 Å². The first kappa shape index (κ1) is 17.5. The highest BCUT2D eigenvalue weighted by molar-refractivity contribution is 5.92. The largest absolute Gasteiger partial charge is 0.398 e. The molecule has 0 radical (unpaired) electrons. The number of hydrogen-bond acceptors (Lipinski definition) is 4. The summed E-state index contributed by atoms with van der Waals surface area (Å²) in [5, 5.41) is 12.6. The van der Waals surface area contributed by atoms with Crippen LogP contribution in [0, 0.1) is 6.92 Å². The number of rotatable bonds is 7. The summed E-state index contributed by atoms with van der Waals surface area (Å²) in [6, 6.07) is 5.50. The number of nitrogens with zero attached hydrogens (tertiary/aromatic N) is 1. The molecule has 118 valence electrons. The molecule has 0 aliphatic rings. The Morgan fingerprint density at radius 3 is 2.71 bits per heavy atom. The van der Waals surface area contributed by atoms with Crippen LogP contribution in [0.25, 0.3) is 0 Å². The zero-order chi connectivity index (χ0) is 16.0. The Morgan fingerprint density at radius 1 is 1.43 bits per heavy atom. The topological polar surface area (TPSA) is 78.6 Å². The Labute approximate surface area is 127 Å². The molecule has 0 aromatic heterocycles. The first-order chi connectivity index (χ1) is 9.69. The number of aliphatic hydroxyl groups is 1. The van der Waals surface area contributed by atoms with E-state index in [4.69, 9.17) is 5.73 Å². The van der Waals surface area contributed by atoms with Crippen molar-refractivity contribution in [3.8, 4) is 0 Å². The van der Waals surface area contributed by atoms with E-state index >= 15 is 0 Å². The molecule has 0 aliphatic heterocycles. The first-order valence-electron chi connectivity index (χ1n) is 7.25. The maximum atomic E-state index is 11.9. The predicted octanol–water partition coefficient (Wildman–Crippen LogP) is 2.00. The van der Waals surface area contributed by atoms with E-state index in [1.807, 2.05) is 37.1 Å². The molecule has 0 aliphatic carbocycles. The summed E-state index contributed by atoms with van der Waals surface area (Å²) < 4.78 is 0. The number of amides is 1. The second-order valence-corrected chi connectivity index (χ2v) is 6.22. The van der Waals surface area contributed by atoms with Gasteiger partial charge in [-0.25, -0.2) is 0 Å². The third-order valence-electron chi connectivity index (χ3n) is 3.25. The van der Waals surface area contributed by atoms with Crippen LogP contribution < -0.4 is 11.1 Å². The van der Waals surface area contributed by atoms with Crippen LogP contribution in [-0.2, 0) is 4.79 Å². The van der Waals surface area contributed by atoms with Crippen molar-refractivity contribution in [3.05, 3.63) is 23.8 Å². The Kier molecular flexibility index (Phi) is 6.18. The molecule has 4 N–H and O–H groups in total. The maximum Gasteiger partial charge on any atom is 0.224 e. The van der Waals surface area contributed by atoms with Gasteiger partial charge in [0.25, 0.3) is 0 Å². The number of hydrogen-bond donors (Lipinski definition) is 3. The molecule has 21 heavy (non-hydrogen) atoms. The van der Waals surface area contributed by atoms with Crippen molar-refractivity contribution in [2.24, 2.45) is 0 Å². The lowest BCUT2D eigenvalue weighted by Gasteiger charge is -2.25. The Morgan fingerprint density at radius 2 is 2.10 bits per heavy atom. The highest BCUT2D eigenvalue weighted by Crippen LogP contribution is 2.20. The second-order valence-electron chi connectivity index (χ2n) is 6.22. The van der Waals surface area contributed by atoms with Gasteiger partial charge in [0.15, 0.2) is 0 Å². The average molecular weight is 293 g/mol. The van der Waals surface area contributed by atoms with Gasteiger partial charge in [-0.3, -0.25) is 4.79 Å². The fraction of sp³-hybridized carbons (Fsp3) is 0.562. The van der Waals surface area contributed by atoms with Crippen molar-refractivity contribution in [1.82, 2.24) is 4.90 Å². The van der Waals surface area contributed by atoms with Crippen LogP contribution in [0.15, 0.2) is 18.2 Å². The minimum atomic E-state index is -0.713. The van der Waals surface area contributed by atoms with Crippen LogP contribution in [0.2, 0.25) is 0 Å². The van der Waals surface area contributed by atoms with Crippen LogP contribution >= 0.6 is 0 Å². The van der Waals surface area contributed by atoms with Gasteiger partial charge in [0.1, 0.15) is 0 Å². The molecule has 5 nitrogen and oxygen atoms in total. The molecule has 5 heteroatoms. The molecule has 0 saturated carbocycles. The van der Waals surface area contributed by atoms with Gasteiger partial charge in [0.05, 0.1) is 5.60 Å². The highest BCUT2D eigenvalue weighted by Gasteiger charge is 2.15. The molecular weight excluding hydrogens is 266 g/mol. The molecule has 1 aromatic rings. The Hall–Kier alpha value is -1.59. The smallest absolute Gasteiger partial charge is 0.224 e. The third kappa shape index (κ3) is 6.60. The monoisotopic (exact) mass is 293 g/mol. The van der Waals surface area contributed by atoms with Crippen LogP contribution in [-0.4, -0.2) is 41.7 Å². The fourth-order valence-corrected chi connectivity index (χ4v) is 2.25. The van der Waals surface area contributed by atoms with E-state index in [1.165, 1.54) is 0 Å². The lowest BCUT2D eigenvalue weighted by Crippen LogP contribution is -2.36. The Balaban J connectivity index is 2.36. The molecule has 0 saturated heterocycles. The van der Waals surface area contributed by atoms with Crippen molar-refractivity contribution in [3.63, 3.8) is 0 Å². The summed E-state index contributed by atoms with van der Waals surface area (Å²) in [7, 11) is 1.94. The number of nitrogens with two attached hydrogens (primary N) is 1. The zero-order valence-electron chi connectivity index (χ0n) is 13.4. The molecule has 0 atom stereocenters. The minimum Gasteiger partial charge on any atom is -0.398 e. The van der Waals surface area contributed by atoms with Gasteiger partial charge >= 0.3 is 0 Å². The number of carbonyl (C=O) groups is 1. The molecule has 0 heterocycles. The van der Waals surface area contributed by atoms with Gasteiger partial charge in [0.2, 0.25) is 5.91 Å². The van der Waals surface area contributed by atoms with E-state index in [9.17, 15) is 9.90 Å².